The zero-order valence-corrected chi connectivity index (χ0v) is 22.1. The third kappa shape index (κ3) is 7.18. The Balaban J connectivity index is 1.50. The average Bonchev–Trinajstić information content (AvgIpc) is 3.12. The fourth-order valence-electron chi connectivity index (χ4n) is 4.90. The molecule has 1 atom stereocenters. The normalized spacial score (nSPS) is 18.7. The first-order chi connectivity index (χ1) is 16.8. The van der Waals surface area contributed by atoms with E-state index in [9.17, 15) is 19.2 Å². The maximum absolute atomic E-state index is 12.9. The Morgan fingerprint density at radius 2 is 1.74 bits per heavy atom. The van der Waals surface area contributed by atoms with Crippen LogP contribution in [0.2, 0.25) is 0 Å². The highest BCUT2D eigenvalue weighted by atomic mass is 32.2. The van der Waals surface area contributed by atoms with Crippen LogP contribution in [-0.2, 0) is 16.2 Å². The quantitative estimate of drug-likeness (QED) is 0.305. The Morgan fingerprint density at radius 1 is 1.14 bits per heavy atom. The van der Waals surface area contributed by atoms with Gasteiger partial charge in [0.15, 0.2) is 0 Å². The number of aliphatic imine (C=N–C) groups is 1. The molecule has 0 saturated carbocycles. The molecule has 0 unspecified atom stereocenters. The van der Waals surface area contributed by atoms with Gasteiger partial charge in [0.25, 0.3) is 5.91 Å². The standard InChI is InChI=1S/C27H39N3O4S/c1-4-5-6-7-8-9-10-11-24-28-26(33)27(29-24)13-15-30(16-14-27)35(34)17-12-23-20(2)18-22(25(31)32)19-21(23)3/h12,17-19H,4-11,13-16H2,1-3H3,(H,31,32)(H,28,29,33)/b17-12+/t35-/m0/s1. The lowest BCUT2D eigenvalue weighted by atomic mass is 9.89. The Morgan fingerprint density at radius 3 is 2.34 bits per heavy atom. The molecule has 2 aliphatic rings. The number of amides is 1. The summed E-state index contributed by atoms with van der Waals surface area (Å²) in [6.45, 7) is 7.01. The summed E-state index contributed by atoms with van der Waals surface area (Å²) in [6, 6.07) is 3.26. The molecule has 0 aromatic heterocycles. The first kappa shape index (κ1) is 27.4. The number of aromatic carboxylic acids is 1. The molecule has 0 aliphatic carbocycles. The monoisotopic (exact) mass is 501 g/mol. The molecule has 1 fully saturated rings. The Kier molecular flexibility index (Phi) is 9.95. The minimum atomic E-state index is -1.33. The van der Waals surface area contributed by atoms with E-state index in [0.29, 0.717) is 25.9 Å². The van der Waals surface area contributed by atoms with E-state index in [1.165, 1.54) is 38.5 Å². The van der Waals surface area contributed by atoms with Gasteiger partial charge >= 0.3 is 5.97 Å². The summed E-state index contributed by atoms with van der Waals surface area (Å²) in [5.74, 6) is -0.156. The van der Waals surface area contributed by atoms with Crippen LogP contribution in [0, 0.1) is 13.8 Å². The maximum atomic E-state index is 12.9. The zero-order chi connectivity index (χ0) is 25.4. The van der Waals surface area contributed by atoms with Crippen LogP contribution in [0.15, 0.2) is 22.5 Å². The van der Waals surface area contributed by atoms with Crippen LogP contribution in [0.1, 0.15) is 98.2 Å². The molecule has 192 valence electrons. The van der Waals surface area contributed by atoms with Gasteiger partial charge < -0.3 is 15.0 Å². The largest absolute Gasteiger partial charge is 0.593 e. The van der Waals surface area contributed by atoms with Crippen LogP contribution in [0.5, 0.6) is 0 Å². The van der Waals surface area contributed by atoms with E-state index >= 15 is 0 Å². The zero-order valence-electron chi connectivity index (χ0n) is 21.3. The van der Waals surface area contributed by atoms with Crippen LogP contribution < -0.4 is 5.32 Å². The van der Waals surface area contributed by atoms with Crippen molar-refractivity contribution in [1.82, 2.24) is 9.62 Å². The minimum absolute atomic E-state index is 0.0128. The number of amidine groups is 1. The van der Waals surface area contributed by atoms with E-state index in [2.05, 4.69) is 12.2 Å². The van der Waals surface area contributed by atoms with Gasteiger partial charge in [0.1, 0.15) is 16.8 Å². The maximum Gasteiger partial charge on any atom is 0.335 e. The van der Waals surface area contributed by atoms with Crippen molar-refractivity contribution >= 4 is 35.2 Å². The predicted octanol–water partition coefficient (Wildman–Crippen LogP) is 5.14. The SMILES string of the molecule is CCCCCCCCCC1=NC2(CCN([S@@+]([O-])/C=C/c3c(C)cc(C(=O)O)cc3C)CC2)C(=O)N1. The van der Waals surface area contributed by atoms with Gasteiger partial charge in [0.05, 0.1) is 16.9 Å². The summed E-state index contributed by atoms with van der Waals surface area (Å²) in [6.07, 6.45) is 12.4. The van der Waals surface area contributed by atoms with Gasteiger partial charge in [0.2, 0.25) is 0 Å². The van der Waals surface area contributed by atoms with Crippen LogP contribution >= 0.6 is 0 Å². The molecule has 8 heteroatoms. The number of nitrogens with zero attached hydrogens (tertiary/aromatic N) is 2. The van der Waals surface area contributed by atoms with Crippen molar-refractivity contribution in [3.63, 3.8) is 0 Å². The fraction of sp³-hybridized carbons (Fsp3) is 0.593. The number of unbranched alkanes of at least 4 members (excludes halogenated alkanes) is 6. The van der Waals surface area contributed by atoms with E-state index in [1.807, 2.05) is 18.2 Å². The van der Waals surface area contributed by atoms with Gasteiger partial charge in [-0.1, -0.05) is 45.4 Å². The number of hydrogen-bond donors (Lipinski definition) is 2. The van der Waals surface area contributed by atoms with E-state index in [0.717, 1.165) is 35.4 Å². The fourth-order valence-corrected chi connectivity index (χ4v) is 5.87. The molecular weight excluding hydrogens is 462 g/mol. The second-order valence-electron chi connectivity index (χ2n) is 9.75. The number of hydrogen-bond acceptors (Lipinski definition) is 5. The molecule has 35 heavy (non-hydrogen) atoms. The van der Waals surface area contributed by atoms with Crippen molar-refractivity contribution in [2.45, 2.75) is 90.5 Å². The molecule has 3 rings (SSSR count). The molecule has 1 amide bonds. The molecule has 1 aromatic rings. The summed E-state index contributed by atoms with van der Waals surface area (Å²) >= 11 is -1.33. The minimum Gasteiger partial charge on any atom is -0.593 e. The number of aryl methyl sites for hydroxylation is 2. The lowest BCUT2D eigenvalue weighted by Crippen LogP contribution is -2.50. The summed E-state index contributed by atoms with van der Waals surface area (Å²) in [5, 5.41) is 13.9. The van der Waals surface area contributed by atoms with Gasteiger partial charge in [-0.2, -0.15) is 0 Å². The molecule has 1 aromatic carbocycles. The highest BCUT2D eigenvalue weighted by Gasteiger charge is 2.47. The molecule has 1 saturated heterocycles. The highest BCUT2D eigenvalue weighted by Crippen LogP contribution is 2.32. The second kappa shape index (κ2) is 12.7. The summed E-state index contributed by atoms with van der Waals surface area (Å²) in [4.78, 5) is 28.8. The third-order valence-electron chi connectivity index (χ3n) is 7.04. The van der Waals surface area contributed by atoms with E-state index in [4.69, 9.17) is 4.99 Å². The second-order valence-corrected chi connectivity index (χ2v) is 11.1. The average molecular weight is 502 g/mol. The summed E-state index contributed by atoms with van der Waals surface area (Å²) in [5.41, 5.74) is 2.09. The first-order valence-corrected chi connectivity index (χ1v) is 14.0. The number of carboxylic acids is 1. The lowest BCUT2D eigenvalue weighted by Gasteiger charge is -2.34. The molecule has 2 heterocycles. The molecule has 7 nitrogen and oxygen atoms in total. The van der Waals surface area contributed by atoms with Gasteiger partial charge in [-0.15, -0.1) is 4.31 Å². The molecule has 2 N–H and O–H groups in total. The number of nitrogens with one attached hydrogen (secondary N) is 1. The van der Waals surface area contributed by atoms with Crippen LogP contribution in [0.4, 0.5) is 0 Å². The predicted molar refractivity (Wildman–Crippen MR) is 142 cm³/mol. The lowest BCUT2D eigenvalue weighted by molar-refractivity contribution is -0.124. The Hall–Kier alpha value is -2.16. The molecule has 2 aliphatic heterocycles. The van der Waals surface area contributed by atoms with Crippen molar-refractivity contribution in [1.29, 1.82) is 0 Å². The molecule has 1 spiro atoms. The number of carboxylic acid groups (broad SMARTS) is 1. The molecule has 0 radical (unpaired) electrons. The van der Waals surface area contributed by atoms with E-state index in [1.54, 1.807) is 23.6 Å². The number of benzene rings is 1. The van der Waals surface area contributed by atoms with Crippen molar-refractivity contribution in [2.24, 2.45) is 4.99 Å². The smallest absolute Gasteiger partial charge is 0.335 e. The van der Waals surface area contributed by atoms with Crippen LogP contribution in [0.3, 0.4) is 0 Å². The van der Waals surface area contributed by atoms with Crippen molar-refractivity contribution in [3.8, 4) is 0 Å². The van der Waals surface area contributed by atoms with Gasteiger partial charge in [0, 0.05) is 19.5 Å². The number of carbonyl (C=O) groups is 2. The number of rotatable bonds is 12. The van der Waals surface area contributed by atoms with Crippen molar-refractivity contribution in [3.05, 3.63) is 39.8 Å². The molecular formula is C27H39N3O4S. The third-order valence-corrected chi connectivity index (χ3v) is 8.29. The number of piperidine rings is 1. The van der Waals surface area contributed by atoms with Gasteiger partial charge in [-0.3, -0.25) is 9.79 Å². The topological polar surface area (TPSA) is 105 Å². The van der Waals surface area contributed by atoms with Crippen molar-refractivity contribution < 1.29 is 19.2 Å². The van der Waals surface area contributed by atoms with E-state index in [-0.39, 0.29) is 11.5 Å². The van der Waals surface area contributed by atoms with Crippen molar-refractivity contribution in [2.75, 3.05) is 13.1 Å². The van der Waals surface area contributed by atoms with E-state index < -0.39 is 22.9 Å². The number of carbonyl (C=O) groups excluding carboxylic acids is 1. The Bertz CT molecular complexity index is 944. The molecule has 0 bridgehead atoms. The Labute approximate surface area is 212 Å². The summed E-state index contributed by atoms with van der Waals surface area (Å²) < 4.78 is 14.8. The van der Waals surface area contributed by atoms with Crippen LogP contribution in [0.25, 0.3) is 6.08 Å². The first-order valence-electron chi connectivity index (χ1n) is 12.8. The van der Waals surface area contributed by atoms with Crippen LogP contribution in [-0.4, -0.2) is 50.3 Å². The van der Waals surface area contributed by atoms with Gasteiger partial charge in [-0.05, 0) is 68.0 Å². The van der Waals surface area contributed by atoms with Gasteiger partial charge in [-0.25, -0.2) is 4.79 Å². The summed E-state index contributed by atoms with van der Waals surface area (Å²) in [7, 11) is 0. The highest BCUT2D eigenvalue weighted by molar-refractivity contribution is 7.92.